The molecule has 1 aromatic carbocycles. The minimum atomic E-state index is -3.81. The molecule has 23 heavy (non-hydrogen) atoms. The van der Waals surface area contributed by atoms with Crippen molar-refractivity contribution in [1.82, 2.24) is 10.0 Å². The van der Waals surface area contributed by atoms with E-state index in [1.54, 1.807) is 26.8 Å². The zero-order valence-corrected chi connectivity index (χ0v) is 16.9. The Kier molecular flexibility index (Phi) is 6.87. The third-order valence-electron chi connectivity index (χ3n) is 2.39. The molecule has 1 amide bonds. The van der Waals surface area contributed by atoms with Crippen LogP contribution in [0.4, 0.5) is 10.5 Å². The molecule has 4 N–H and O–H groups in total. The lowest BCUT2D eigenvalue weighted by Gasteiger charge is -2.19. The van der Waals surface area contributed by atoms with E-state index in [2.05, 4.69) is 41.9 Å². The third kappa shape index (κ3) is 6.66. The molecule has 0 spiro atoms. The van der Waals surface area contributed by atoms with Crippen molar-refractivity contribution in [1.29, 1.82) is 0 Å². The number of carbonyl (C=O) groups is 1. The first kappa shape index (κ1) is 20.2. The summed E-state index contributed by atoms with van der Waals surface area (Å²) in [5.74, 6) is 0. The number of halogens is 2. The number of ether oxygens (including phenoxy) is 1. The number of hydrogen-bond donors (Lipinski definition) is 3. The highest BCUT2D eigenvalue weighted by atomic mass is 79.9. The maximum Gasteiger partial charge on any atom is 0.407 e. The van der Waals surface area contributed by atoms with Crippen LogP contribution in [0.5, 0.6) is 0 Å². The summed E-state index contributed by atoms with van der Waals surface area (Å²) in [5, 5.41) is 2.46. The molecule has 0 aromatic heterocycles. The van der Waals surface area contributed by atoms with E-state index in [0.717, 1.165) is 0 Å². The fraction of sp³-hybridized carbons (Fsp3) is 0.462. The Morgan fingerprint density at radius 2 is 1.87 bits per heavy atom. The van der Waals surface area contributed by atoms with Crippen LogP contribution in [0.25, 0.3) is 0 Å². The predicted octanol–water partition coefficient (Wildman–Crippen LogP) is 2.60. The fourth-order valence-electron chi connectivity index (χ4n) is 1.60. The van der Waals surface area contributed by atoms with Crippen LogP contribution in [0, 0.1) is 0 Å². The number of amides is 1. The second-order valence-electron chi connectivity index (χ2n) is 5.63. The lowest BCUT2D eigenvalue weighted by atomic mass is 10.2. The predicted molar refractivity (Wildman–Crippen MR) is 95.7 cm³/mol. The van der Waals surface area contributed by atoms with Crippen molar-refractivity contribution in [2.45, 2.75) is 31.3 Å². The molecule has 0 aliphatic rings. The SMILES string of the molecule is CC(C)(C)OC(=O)NCCNS(=O)(=O)c1c(N)cc(Br)cc1Br. The van der Waals surface area contributed by atoms with Gasteiger partial charge in [0.2, 0.25) is 10.0 Å². The molecule has 0 heterocycles. The number of rotatable bonds is 5. The van der Waals surface area contributed by atoms with Gasteiger partial charge in [-0.2, -0.15) is 0 Å². The topological polar surface area (TPSA) is 111 Å². The van der Waals surface area contributed by atoms with E-state index < -0.39 is 21.7 Å². The first-order valence-corrected chi connectivity index (χ1v) is 9.70. The van der Waals surface area contributed by atoms with Crippen LogP contribution in [0.3, 0.4) is 0 Å². The highest BCUT2D eigenvalue weighted by molar-refractivity contribution is 9.11. The van der Waals surface area contributed by atoms with Crippen molar-refractivity contribution in [3.63, 3.8) is 0 Å². The van der Waals surface area contributed by atoms with E-state index in [9.17, 15) is 13.2 Å². The minimum Gasteiger partial charge on any atom is -0.444 e. The summed E-state index contributed by atoms with van der Waals surface area (Å²) in [7, 11) is -3.81. The number of alkyl carbamates (subject to hydrolysis) is 1. The lowest BCUT2D eigenvalue weighted by Crippen LogP contribution is -2.38. The molecule has 7 nitrogen and oxygen atoms in total. The van der Waals surface area contributed by atoms with Crippen LogP contribution in [0.15, 0.2) is 26.0 Å². The van der Waals surface area contributed by atoms with E-state index in [1.165, 1.54) is 6.07 Å². The number of anilines is 1. The first-order chi connectivity index (χ1) is 10.4. The molecule has 0 aliphatic carbocycles. The molecular formula is C13H19Br2N3O4S. The highest BCUT2D eigenvalue weighted by Gasteiger charge is 2.21. The molecule has 1 aromatic rings. The Hall–Kier alpha value is -0.840. The second kappa shape index (κ2) is 7.82. The van der Waals surface area contributed by atoms with Gasteiger partial charge in [-0.25, -0.2) is 17.9 Å². The summed E-state index contributed by atoms with van der Waals surface area (Å²) in [6, 6.07) is 3.09. The summed E-state index contributed by atoms with van der Waals surface area (Å²) >= 11 is 6.41. The molecule has 0 saturated heterocycles. The Morgan fingerprint density at radius 1 is 1.26 bits per heavy atom. The van der Waals surface area contributed by atoms with Gasteiger partial charge in [-0.05, 0) is 48.8 Å². The third-order valence-corrected chi connectivity index (χ3v) is 5.31. The Morgan fingerprint density at radius 3 is 2.39 bits per heavy atom. The van der Waals surface area contributed by atoms with Gasteiger partial charge in [0.15, 0.2) is 0 Å². The minimum absolute atomic E-state index is 0.00349. The molecular weight excluding hydrogens is 454 g/mol. The summed E-state index contributed by atoms with van der Waals surface area (Å²) in [6.07, 6.45) is -0.610. The normalized spacial score (nSPS) is 12.0. The summed E-state index contributed by atoms with van der Waals surface area (Å²) in [5.41, 5.74) is 5.26. The van der Waals surface area contributed by atoms with Crippen molar-refractivity contribution < 1.29 is 17.9 Å². The lowest BCUT2D eigenvalue weighted by molar-refractivity contribution is 0.0529. The molecule has 130 valence electrons. The van der Waals surface area contributed by atoms with Crippen LogP contribution >= 0.6 is 31.9 Å². The van der Waals surface area contributed by atoms with Crippen LogP contribution < -0.4 is 15.8 Å². The summed E-state index contributed by atoms with van der Waals surface area (Å²) in [6.45, 7) is 5.31. The number of sulfonamides is 1. The Labute approximate surface area is 152 Å². The number of nitrogens with two attached hydrogens (primary N) is 1. The quantitative estimate of drug-likeness (QED) is 0.450. The van der Waals surface area contributed by atoms with Crippen molar-refractivity contribution >= 4 is 53.7 Å². The number of benzene rings is 1. The van der Waals surface area contributed by atoms with Crippen LogP contribution in [-0.2, 0) is 14.8 Å². The number of nitrogen functional groups attached to an aromatic ring is 1. The van der Waals surface area contributed by atoms with Gasteiger partial charge in [-0.1, -0.05) is 15.9 Å². The highest BCUT2D eigenvalue weighted by Crippen LogP contribution is 2.31. The van der Waals surface area contributed by atoms with Crippen molar-refractivity contribution in [3.05, 3.63) is 21.1 Å². The van der Waals surface area contributed by atoms with Gasteiger partial charge < -0.3 is 15.8 Å². The molecule has 0 unspecified atom stereocenters. The Balaban J connectivity index is 2.63. The number of nitrogens with one attached hydrogen (secondary N) is 2. The van der Waals surface area contributed by atoms with E-state index in [0.29, 0.717) is 8.95 Å². The van der Waals surface area contributed by atoms with Gasteiger partial charge in [0.1, 0.15) is 10.5 Å². The molecule has 1 rings (SSSR count). The molecule has 0 fully saturated rings. The van der Waals surface area contributed by atoms with Crippen LogP contribution in [0.1, 0.15) is 20.8 Å². The zero-order chi connectivity index (χ0) is 17.8. The molecule has 0 radical (unpaired) electrons. The standard InChI is InChI=1S/C13H19Br2N3O4S/c1-13(2,3)22-12(19)17-4-5-18-23(20,21)11-9(15)6-8(14)7-10(11)16/h6-7,18H,4-5,16H2,1-3H3,(H,17,19). The molecule has 0 saturated carbocycles. The maximum atomic E-state index is 12.3. The van der Waals surface area contributed by atoms with E-state index in [-0.39, 0.29) is 23.7 Å². The van der Waals surface area contributed by atoms with Gasteiger partial charge in [-0.3, -0.25) is 0 Å². The van der Waals surface area contributed by atoms with Crippen LogP contribution in [0.2, 0.25) is 0 Å². The average Bonchev–Trinajstić information content (AvgIpc) is 2.30. The van der Waals surface area contributed by atoms with E-state index in [4.69, 9.17) is 10.5 Å². The largest absolute Gasteiger partial charge is 0.444 e. The average molecular weight is 473 g/mol. The Bertz CT molecular complexity index is 664. The first-order valence-electron chi connectivity index (χ1n) is 6.63. The van der Waals surface area contributed by atoms with Crippen molar-refractivity contribution in [3.8, 4) is 0 Å². The van der Waals surface area contributed by atoms with Gasteiger partial charge in [0.25, 0.3) is 0 Å². The fourth-order valence-corrected chi connectivity index (χ4v) is 4.70. The van der Waals surface area contributed by atoms with Gasteiger partial charge in [0.05, 0.1) is 5.69 Å². The smallest absolute Gasteiger partial charge is 0.407 e. The van der Waals surface area contributed by atoms with Crippen LogP contribution in [-0.4, -0.2) is 33.2 Å². The van der Waals surface area contributed by atoms with Crippen molar-refractivity contribution in [2.24, 2.45) is 0 Å². The molecule has 0 bridgehead atoms. The molecule has 0 aliphatic heterocycles. The monoisotopic (exact) mass is 471 g/mol. The van der Waals surface area contributed by atoms with Gasteiger partial charge >= 0.3 is 6.09 Å². The van der Waals surface area contributed by atoms with E-state index in [1.807, 2.05) is 0 Å². The zero-order valence-electron chi connectivity index (χ0n) is 12.9. The second-order valence-corrected chi connectivity index (χ2v) is 9.11. The summed E-state index contributed by atoms with van der Waals surface area (Å²) < 4.78 is 33.0. The maximum absolute atomic E-state index is 12.3. The van der Waals surface area contributed by atoms with E-state index >= 15 is 0 Å². The summed E-state index contributed by atoms with van der Waals surface area (Å²) in [4.78, 5) is 11.4. The van der Waals surface area contributed by atoms with Crippen molar-refractivity contribution in [2.75, 3.05) is 18.8 Å². The molecule has 0 atom stereocenters. The number of carbonyl (C=O) groups excluding carboxylic acids is 1. The van der Waals surface area contributed by atoms with Gasteiger partial charge in [-0.15, -0.1) is 0 Å². The van der Waals surface area contributed by atoms with Gasteiger partial charge in [0, 0.05) is 22.0 Å². The molecule has 10 heteroatoms. The number of hydrogen-bond acceptors (Lipinski definition) is 5.